The molecule has 0 aliphatic carbocycles. The van der Waals surface area contributed by atoms with Gasteiger partial charge in [-0.25, -0.2) is 9.78 Å². The fraction of sp³-hybridized carbons (Fsp3) is 0.474. The number of methoxy groups -OCH3 is 1. The largest absolute Gasteiger partial charge is 0.497 e. The third-order valence-electron chi connectivity index (χ3n) is 4.88. The molecular formula is C19H26N4O2. The van der Waals surface area contributed by atoms with Gasteiger partial charge < -0.3 is 19.5 Å². The molecule has 2 atom stereocenters. The van der Waals surface area contributed by atoms with Gasteiger partial charge in [-0.1, -0.05) is 12.1 Å². The number of carbonyl (C=O) groups is 1. The summed E-state index contributed by atoms with van der Waals surface area (Å²) in [7, 11) is 3.58. The average molecular weight is 342 g/mol. The van der Waals surface area contributed by atoms with Crippen molar-refractivity contribution in [2.45, 2.75) is 38.3 Å². The van der Waals surface area contributed by atoms with Crippen molar-refractivity contribution in [3.8, 4) is 5.75 Å². The van der Waals surface area contributed by atoms with E-state index in [9.17, 15) is 4.79 Å². The standard InChI is InChI=1S/C19H26N4O2/c1-14-7-4-5-11-23(14)19(24)21-17(18-20-10-12-22(18)2)15-8-6-9-16(13-15)25-3/h6,8-10,12-14,17H,4-5,7,11H2,1-3H3,(H,21,24). The number of carbonyl (C=O) groups excluding carboxylic acids is 1. The van der Waals surface area contributed by atoms with E-state index in [1.165, 1.54) is 6.42 Å². The number of urea groups is 1. The van der Waals surface area contributed by atoms with Gasteiger partial charge in [0.25, 0.3) is 0 Å². The molecule has 134 valence electrons. The Balaban J connectivity index is 1.89. The van der Waals surface area contributed by atoms with E-state index in [4.69, 9.17) is 4.74 Å². The molecule has 3 rings (SSSR count). The Morgan fingerprint density at radius 3 is 2.92 bits per heavy atom. The Morgan fingerprint density at radius 2 is 2.24 bits per heavy atom. The van der Waals surface area contributed by atoms with Gasteiger partial charge in [-0.2, -0.15) is 0 Å². The van der Waals surface area contributed by atoms with Crippen LogP contribution in [-0.2, 0) is 7.05 Å². The van der Waals surface area contributed by atoms with Gasteiger partial charge in [0.1, 0.15) is 17.6 Å². The summed E-state index contributed by atoms with van der Waals surface area (Å²) in [5.41, 5.74) is 0.951. The molecule has 1 aromatic heterocycles. The number of hydrogen-bond acceptors (Lipinski definition) is 3. The van der Waals surface area contributed by atoms with E-state index in [1.807, 2.05) is 47.0 Å². The Kier molecular flexibility index (Phi) is 5.26. The van der Waals surface area contributed by atoms with Crippen LogP contribution in [0.2, 0.25) is 0 Å². The highest BCUT2D eigenvalue weighted by Crippen LogP contribution is 2.25. The lowest BCUT2D eigenvalue weighted by Crippen LogP contribution is -2.48. The quantitative estimate of drug-likeness (QED) is 0.929. The van der Waals surface area contributed by atoms with Crippen molar-refractivity contribution < 1.29 is 9.53 Å². The molecule has 0 saturated carbocycles. The first-order valence-electron chi connectivity index (χ1n) is 8.78. The number of nitrogens with one attached hydrogen (secondary N) is 1. The zero-order chi connectivity index (χ0) is 17.8. The van der Waals surface area contributed by atoms with Crippen molar-refractivity contribution in [2.24, 2.45) is 7.05 Å². The van der Waals surface area contributed by atoms with Crippen molar-refractivity contribution in [2.75, 3.05) is 13.7 Å². The number of nitrogens with zero attached hydrogens (tertiary/aromatic N) is 3. The summed E-state index contributed by atoms with van der Waals surface area (Å²) in [5.74, 6) is 1.56. The number of imidazole rings is 1. The summed E-state index contributed by atoms with van der Waals surface area (Å²) in [5, 5.41) is 3.18. The molecule has 2 unspecified atom stereocenters. The highest BCUT2D eigenvalue weighted by molar-refractivity contribution is 5.75. The maximum atomic E-state index is 12.9. The van der Waals surface area contributed by atoms with E-state index in [2.05, 4.69) is 17.2 Å². The molecule has 1 aromatic carbocycles. The molecule has 6 nitrogen and oxygen atoms in total. The molecule has 1 N–H and O–H groups in total. The number of benzene rings is 1. The van der Waals surface area contributed by atoms with E-state index in [0.717, 1.165) is 36.5 Å². The van der Waals surface area contributed by atoms with Gasteiger partial charge >= 0.3 is 6.03 Å². The zero-order valence-corrected chi connectivity index (χ0v) is 15.1. The van der Waals surface area contributed by atoms with E-state index < -0.39 is 0 Å². The van der Waals surface area contributed by atoms with E-state index in [0.29, 0.717) is 0 Å². The third kappa shape index (κ3) is 3.78. The maximum Gasteiger partial charge on any atom is 0.318 e. The number of aromatic nitrogens is 2. The van der Waals surface area contributed by atoms with Crippen molar-refractivity contribution >= 4 is 6.03 Å². The maximum absolute atomic E-state index is 12.9. The number of amides is 2. The molecule has 1 saturated heterocycles. The molecule has 25 heavy (non-hydrogen) atoms. The molecule has 2 heterocycles. The van der Waals surface area contributed by atoms with Gasteiger partial charge in [0.2, 0.25) is 0 Å². The third-order valence-corrected chi connectivity index (χ3v) is 4.88. The molecule has 2 amide bonds. The normalized spacial score (nSPS) is 18.7. The fourth-order valence-corrected chi connectivity index (χ4v) is 3.38. The minimum absolute atomic E-state index is 0.0389. The van der Waals surface area contributed by atoms with E-state index >= 15 is 0 Å². The zero-order valence-electron chi connectivity index (χ0n) is 15.1. The van der Waals surface area contributed by atoms with E-state index in [-0.39, 0.29) is 18.1 Å². The van der Waals surface area contributed by atoms with Crippen LogP contribution in [0.3, 0.4) is 0 Å². The second-order valence-electron chi connectivity index (χ2n) is 6.59. The summed E-state index contributed by atoms with van der Waals surface area (Å²) in [6.45, 7) is 2.92. The van der Waals surface area contributed by atoms with Gasteiger partial charge in [-0.3, -0.25) is 0 Å². The molecule has 1 aliphatic rings. The number of aryl methyl sites for hydroxylation is 1. The smallest absolute Gasteiger partial charge is 0.318 e. The van der Waals surface area contributed by atoms with Gasteiger partial charge in [-0.05, 0) is 43.9 Å². The van der Waals surface area contributed by atoms with Crippen LogP contribution in [0.5, 0.6) is 5.75 Å². The number of ether oxygens (including phenoxy) is 1. The van der Waals surface area contributed by atoms with Gasteiger partial charge in [0.15, 0.2) is 0 Å². The first-order valence-corrected chi connectivity index (χ1v) is 8.78. The summed E-state index contributed by atoms with van der Waals surface area (Å²) in [6.07, 6.45) is 6.93. The van der Waals surface area contributed by atoms with Gasteiger partial charge in [0.05, 0.1) is 7.11 Å². The van der Waals surface area contributed by atoms with Crippen LogP contribution in [0, 0.1) is 0 Å². The number of likely N-dealkylation sites (tertiary alicyclic amines) is 1. The molecule has 0 radical (unpaired) electrons. The Bertz CT molecular complexity index is 728. The highest BCUT2D eigenvalue weighted by Gasteiger charge is 2.27. The molecular weight excluding hydrogens is 316 g/mol. The number of piperidine rings is 1. The van der Waals surface area contributed by atoms with E-state index in [1.54, 1.807) is 13.3 Å². The number of hydrogen-bond donors (Lipinski definition) is 1. The molecule has 0 spiro atoms. The predicted octanol–water partition coefficient (Wildman–Crippen LogP) is 3.10. The average Bonchev–Trinajstić information content (AvgIpc) is 3.05. The lowest BCUT2D eigenvalue weighted by Gasteiger charge is -2.34. The van der Waals surface area contributed by atoms with Crippen molar-refractivity contribution in [1.82, 2.24) is 19.8 Å². The SMILES string of the molecule is COc1cccc(C(NC(=O)N2CCCCC2C)c2nccn2C)c1. The predicted molar refractivity (Wildman–Crippen MR) is 96.6 cm³/mol. The van der Waals surface area contributed by atoms with Crippen LogP contribution in [0.4, 0.5) is 4.79 Å². The Labute approximate surface area is 148 Å². The molecule has 6 heteroatoms. The second kappa shape index (κ2) is 7.59. The van der Waals surface area contributed by atoms with Crippen LogP contribution >= 0.6 is 0 Å². The van der Waals surface area contributed by atoms with Crippen LogP contribution in [-0.4, -0.2) is 40.2 Å². The minimum atomic E-state index is -0.322. The molecule has 1 aliphatic heterocycles. The van der Waals surface area contributed by atoms with Crippen LogP contribution in [0.1, 0.15) is 43.6 Å². The first-order chi connectivity index (χ1) is 12.1. The highest BCUT2D eigenvalue weighted by atomic mass is 16.5. The van der Waals surface area contributed by atoms with Crippen molar-refractivity contribution in [1.29, 1.82) is 0 Å². The monoisotopic (exact) mass is 342 g/mol. The van der Waals surface area contributed by atoms with Crippen LogP contribution in [0.15, 0.2) is 36.7 Å². The Morgan fingerprint density at radius 1 is 1.40 bits per heavy atom. The Hall–Kier alpha value is -2.50. The molecule has 1 fully saturated rings. The van der Waals surface area contributed by atoms with Gasteiger partial charge in [-0.15, -0.1) is 0 Å². The van der Waals surface area contributed by atoms with Crippen LogP contribution < -0.4 is 10.1 Å². The number of rotatable bonds is 4. The summed E-state index contributed by atoms with van der Waals surface area (Å²) in [4.78, 5) is 19.3. The first kappa shape index (κ1) is 17.3. The van der Waals surface area contributed by atoms with Gasteiger partial charge in [0, 0.05) is 32.0 Å². The summed E-state index contributed by atoms with van der Waals surface area (Å²) in [6, 6.07) is 7.66. The lowest BCUT2D eigenvalue weighted by molar-refractivity contribution is 0.155. The van der Waals surface area contributed by atoms with Crippen molar-refractivity contribution in [3.63, 3.8) is 0 Å². The lowest BCUT2D eigenvalue weighted by atomic mass is 10.0. The molecule has 0 bridgehead atoms. The van der Waals surface area contributed by atoms with Crippen LogP contribution in [0.25, 0.3) is 0 Å². The second-order valence-corrected chi connectivity index (χ2v) is 6.59. The minimum Gasteiger partial charge on any atom is -0.497 e. The molecule has 2 aromatic rings. The summed E-state index contributed by atoms with van der Waals surface area (Å²) < 4.78 is 7.28. The summed E-state index contributed by atoms with van der Waals surface area (Å²) >= 11 is 0. The topological polar surface area (TPSA) is 59.4 Å². The fourth-order valence-electron chi connectivity index (χ4n) is 3.38. The van der Waals surface area contributed by atoms with Crippen molar-refractivity contribution in [3.05, 3.63) is 48.0 Å².